The molecule has 2 aromatic rings. The minimum Gasteiger partial charge on any atom is -0.483 e. The fourth-order valence-electron chi connectivity index (χ4n) is 3.07. The maximum absolute atomic E-state index is 13.3. The van der Waals surface area contributed by atoms with Crippen molar-refractivity contribution < 1.29 is 18.7 Å². The summed E-state index contributed by atoms with van der Waals surface area (Å²) in [4.78, 5) is 27.1. The van der Waals surface area contributed by atoms with E-state index in [1.165, 1.54) is 17.0 Å². The zero-order valence-corrected chi connectivity index (χ0v) is 21.0. The molecule has 0 saturated heterocycles. The van der Waals surface area contributed by atoms with E-state index in [1.807, 2.05) is 25.1 Å². The van der Waals surface area contributed by atoms with E-state index in [0.29, 0.717) is 12.3 Å². The summed E-state index contributed by atoms with van der Waals surface area (Å²) in [6.07, 6.45) is 0.798. The lowest BCUT2D eigenvalue weighted by Gasteiger charge is -2.29. The van der Waals surface area contributed by atoms with Gasteiger partial charge in [-0.2, -0.15) is 0 Å². The number of carbonyl (C=O) groups excluding carboxylic acids is 2. The highest BCUT2D eigenvalue weighted by molar-refractivity contribution is 9.10. The summed E-state index contributed by atoms with van der Waals surface area (Å²) in [6, 6.07) is 11.0. The van der Waals surface area contributed by atoms with Gasteiger partial charge in [0.1, 0.15) is 17.6 Å². The van der Waals surface area contributed by atoms with Gasteiger partial charge in [-0.3, -0.25) is 9.59 Å². The zero-order chi connectivity index (χ0) is 23.9. The lowest BCUT2D eigenvalue weighted by Crippen LogP contribution is -2.49. The molecule has 5 nitrogen and oxygen atoms in total. The molecule has 1 atom stereocenters. The largest absolute Gasteiger partial charge is 0.483 e. The van der Waals surface area contributed by atoms with Crippen molar-refractivity contribution in [3.63, 3.8) is 0 Å². The minimum absolute atomic E-state index is 0.00981. The average Bonchev–Trinajstić information content (AvgIpc) is 2.74. The highest BCUT2D eigenvalue weighted by Gasteiger charge is 2.26. The van der Waals surface area contributed by atoms with Gasteiger partial charge in [-0.05, 0) is 70.1 Å². The molecule has 2 rings (SSSR count). The van der Waals surface area contributed by atoms with E-state index < -0.39 is 6.04 Å². The van der Waals surface area contributed by atoms with Crippen molar-refractivity contribution >= 4 is 27.7 Å². The van der Waals surface area contributed by atoms with E-state index in [-0.39, 0.29) is 36.2 Å². The van der Waals surface area contributed by atoms with E-state index in [0.717, 1.165) is 22.0 Å². The second-order valence-corrected chi connectivity index (χ2v) is 9.65. The van der Waals surface area contributed by atoms with Crippen LogP contribution in [-0.4, -0.2) is 35.9 Å². The minimum atomic E-state index is -0.700. The van der Waals surface area contributed by atoms with E-state index in [2.05, 4.69) is 42.0 Å². The van der Waals surface area contributed by atoms with E-state index in [1.54, 1.807) is 19.1 Å². The Hall–Kier alpha value is -2.41. The number of benzene rings is 2. The third-order valence-electron chi connectivity index (χ3n) is 5.13. The van der Waals surface area contributed by atoms with E-state index in [4.69, 9.17) is 4.74 Å². The molecule has 0 fully saturated rings. The molecule has 0 saturated carbocycles. The number of amides is 2. The number of hydrogen-bond donors (Lipinski definition) is 1. The standard InChI is InChI=1S/C25H32BrFN2O3/c1-6-13-28-24(31)17(2)29(15-18-7-10-20(27)11-8-18)23(30)16-32-22-12-9-19(14-21(22)26)25(3,4)5/h7-12,14,17H,6,13,15-16H2,1-5H3,(H,28,31). The molecule has 0 bridgehead atoms. The van der Waals surface area contributed by atoms with Gasteiger partial charge in [-0.1, -0.05) is 45.9 Å². The molecule has 174 valence electrons. The first kappa shape index (κ1) is 25.8. The van der Waals surface area contributed by atoms with Crippen LogP contribution in [0.3, 0.4) is 0 Å². The molecule has 0 aliphatic carbocycles. The van der Waals surface area contributed by atoms with Gasteiger partial charge in [0.05, 0.1) is 4.47 Å². The molecule has 32 heavy (non-hydrogen) atoms. The summed E-state index contributed by atoms with van der Waals surface area (Å²) < 4.78 is 19.8. The fourth-order valence-corrected chi connectivity index (χ4v) is 3.57. The lowest BCUT2D eigenvalue weighted by atomic mass is 9.87. The molecular formula is C25H32BrFN2O3. The Labute approximate surface area is 198 Å². The Balaban J connectivity index is 2.16. The number of carbonyl (C=O) groups is 2. The summed E-state index contributed by atoms with van der Waals surface area (Å²) >= 11 is 3.52. The molecule has 0 aliphatic heterocycles. The highest BCUT2D eigenvalue weighted by atomic mass is 79.9. The van der Waals surface area contributed by atoms with Crippen LogP contribution in [0.1, 0.15) is 52.2 Å². The van der Waals surface area contributed by atoms with Gasteiger partial charge < -0.3 is 15.0 Å². The summed E-state index contributed by atoms with van der Waals surface area (Å²) in [6.45, 7) is 10.5. The Morgan fingerprint density at radius 1 is 1.16 bits per heavy atom. The van der Waals surface area contributed by atoms with Gasteiger partial charge in [-0.15, -0.1) is 0 Å². The van der Waals surface area contributed by atoms with E-state index in [9.17, 15) is 14.0 Å². The molecule has 0 heterocycles. The fraction of sp³-hybridized carbons (Fsp3) is 0.440. The van der Waals surface area contributed by atoms with Crippen molar-refractivity contribution in [2.75, 3.05) is 13.2 Å². The van der Waals surface area contributed by atoms with Crippen LogP contribution in [-0.2, 0) is 21.5 Å². The molecule has 0 spiro atoms. The number of halogens is 2. The number of nitrogens with one attached hydrogen (secondary N) is 1. The Kier molecular flexibility index (Phi) is 9.25. The molecule has 2 amide bonds. The van der Waals surface area contributed by atoms with Gasteiger partial charge in [0.15, 0.2) is 6.61 Å². The molecule has 7 heteroatoms. The first-order valence-electron chi connectivity index (χ1n) is 10.8. The summed E-state index contributed by atoms with van der Waals surface area (Å²) in [5.74, 6) is -0.373. The highest BCUT2D eigenvalue weighted by Crippen LogP contribution is 2.31. The number of nitrogens with zero attached hydrogens (tertiary/aromatic N) is 1. The van der Waals surface area contributed by atoms with Crippen LogP contribution in [0, 0.1) is 5.82 Å². The Morgan fingerprint density at radius 2 is 1.81 bits per heavy atom. The summed E-state index contributed by atoms with van der Waals surface area (Å²) in [7, 11) is 0. The maximum atomic E-state index is 13.3. The monoisotopic (exact) mass is 506 g/mol. The van der Waals surface area contributed by atoms with Crippen molar-refractivity contribution in [3.8, 4) is 5.75 Å². The first-order chi connectivity index (χ1) is 15.0. The van der Waals surface area contributed by atoms with Gasteiger partial charge in [-0.25, -0.2) is 4.39 Å². The molecule has 0 aromatic heterocycles. The molecule has 0 aliphatic rings. The van der Waals surface area contributed by atoms with Crippen LogP contribution in [0.2, 0.25) is 0 Å². The third-order valence-corrected chi connectivity index (χ3v) is 5.75. The predicted molar refractivity (Wildman–Crippen MR) is 128 cm³/mol. The maximum Gasteiger partial charge on any atom is 0.261 e. The first-order valence-corrected chi connectivity index (χ1v) is 11.6. The second kappa shape index (κ2) is 11.5. The van der Waals surface area contributed by atoms with Crippen molar-refractivity contribution in [1.82, 2.24) is 10.2 Å². The van der Waals surface area contributed by atoms with Crippen LogP contribution in [0.4, 0.5) is 4.39 Å². The molecule has 1 N–H and O–H groups in total. The van der Waals surface area contributed by atoms with Crippen molar-refractivity contribution in [2.24, 2.45) is 0 Å². The van der Waals surface area contributed by atoms with Crippen LogP contribution in [0.15, 0.2) is 46.9 Å². The normalized spacial score (nSPS) is 12.2. The average molecular weight is 507 g/mol. The van der Waals surface area contributed by atoms with Gasteiger partial charge in [0.25, 0.3) is 5.91 Å². The third kappa shape index (κ3) is 7.33. The summed E-state index contributed by atoms with van der Waals surface area (Å²) in [5.41, 5.74) is 1.86. The zero-order valence-electron chi connectivity index (χ0n) is 19.4. The van der Waals surface area contributed by atoms with Crippen molar-refractivity contribution in [2.45, 2.75) is 59.0 Å². The van der Waals surface area contributed by atoms with Gasteiger partial charge >= 0.3 is 0 Å². The predicted octanol–water partition coefficient (Wildman–Crippen LogP) is 5.21. The SMILES string of the molecule is CCCNC(=O)C(C)N(Cc1ccc(F)cc1)C(=O)COc1ccc(C(C)(C)C)cc1Br. The number of ether oxygens (including phenoxy) is 1. The van der Waals surface area contributed by atoms with Crippen molar-refractivity contribution in [3.05, 3.63) is 63.9 Å². The van der Waals surface area contributed by atoms with Crippen LogP contribution < -0.4 is 10.1 Å². The lowest BCUT2D eigenvalue weighted by molar-refractivity contribution is -0.142. The van der Waals surface area contributed by atoms with Crippen molar-refractivity contribution in [1.29, 1.82) is 0 Å². The number of hydrogen-bond acceptors (Lipinski definition) is 3. The number of rotatable bonds is 9. The topological polar surface area (TPSA) is 58.6 Å². The molecule has 1 unspecified atom stereocenters. The smallest absolute Gasteiger partial charge is 0.261 e. The van der Waals surface area contributed by atoms with Gasteiger partial charge in [0.2, 0.25) is 5.91 Å². The van der Waals surface area contributed by atoms with Crippen LogP contribution in [0.25, 0.3) is 0 Å². The summed E-state index contributed by atoms with van der Waals surface area (Å²) in [5, 5.41) is 2.82. The molecular weight excluding hydrogens is 475 g/mol. The molecule has 2 aromatic carbocycles. The van der Waals surface area contributed by atoms with Crippen LogP contribution in [0.5, 0.6) is 5.75 Å². The Morgan fingerprint density at radius 3 is 2.38 bits per heavy atom. The quantitative estimate of drug-likeness (QED) is 0.507. The molecule has 0 radical (unpaired) electrons. The Bertz CT molecular complexity index is 926. The van der Waals surface area contributed by atoms with Gasteiger partial charge in [0, 0.05) is 13.1 Å². The van der Waals surface area contributed by atoms with Crippen LogP contribution >= 0.6 is 15.9 Å². The van der Waals surface area contributed by atoms with E-state index >= 15 is 0 Å². The second-order valence-electron chi connectivity index (χ2n) is 8.80.